The third kappa shape index (κ3) is 2.83. The lowest BCUT2D eigenvalue weighted by molar-refractivity contribution is 0.0714. The molecular weight excluding hydrogens is 364 g/mol. The van der Waals surface area contributed by atoms with E-state index in [2.05, 4.69) is 4.98 Å². The summed E-state index contributed by atoms with van der Waals surface area (Å²) in [5.41, 5.74) is 3.63. The van der Waals surface area contributed by atoms with Gasteiger partial charge in [0.15, 0.2) is 5.43 Å². The van der Waals surface area contributed by atoms with E-state index in [1.807, 2.05) is 43.3 Å². The largest absolute Gasteiger partial charge is 0.450 e. The molecule has 5 rings (SSSR count). The van der Waals surface area contributed by atoms with Crippen molar-refractivity contribution in [2.24, 2.45) is 0 Å². The van der Waals surface area contributed by atoms with Crippen LogP contribution in [-0.4, -0.2) is 15.8 Å². The van der Waals surface area contributed by atoms with E-state index in [9.17, 15) is 9.59 Å². The van der Waals surface area contributed by atoms with Crippen LogP contribution in [0.2, 0.25) is 0 Å². The third-order valence-corrected chi connectivity index (χ3v) is 5.37. The first-order valence-electron chi connectivity index (χ1n) is 9.45. The van der Waals surface area contributed by atoms with Gasteiger partial charge in [0.2, 0.25) is 5.76 Å². The normalized spacial score (nSPS) is 15.7. The number of benzene rings is 2. The predicted molar refractivity (Wildman–Crippen MR) is 110 cm³/mol. The summed E-state index contributed by atoms with van der Waals surface area (Å²) < 4.78 is 5.94. The Bertz CT molecular complexity index is 1280. The first-order chi connectivity index (χ1) is 14.1. The number of para-hydroxylation sites is 1. The lowest BCUT2D eigenvalue weighted by atomic mass is 9.97. The topological polar surface area (TPSA) is 63.4 Å². The average Bonchev–Trinajstić information content (AvgIpc) is 3.02. The van der Waals surface area contributed by atoms with Gasteiger partial charge in [-0.15, -0.1) is 0 Å². The van der Waals surface area contributed by atoms with Crippen LogP contribution in [0.4, 0.5) is 0 Å². The van der Waals surface area contributed by atoms with Gasteiger partial charge in [0.25, 0.3) is 5.91 Å². The van der Waals surface area contributed by atoms with Crippen LogP contribution in [0, 0.1) is 6.92 Å². The molecule has 29 heavy (non-hydrogen) atoms. The van der Waals surface area contributed by atoms with Crippen molar-refractivity contribution in [2.45, 2.75) is 19.5 Å². The average molecular weight is 382 g/mol. The van der Waals surface area contributed by atoms with Crippen molar-refractivity contribution in [1.82, 2.24) is 9.88 Å². The number of aryl methyl sites for hydroxylation is 1. The van der Waals surface area contributed by atoms with Gasteiger partial charge >= 0.3 is 0 Å². The molecule has 1 aliphatic rings. The minimum atomic E-state index is -0.493. The lowest BCUT2D eigenvalue weighted by Gasteiger charge is -2.25. The zero-order chi connectivity index (χ0) is 20.0. The molecule has 4 aromatic rings. The number of aromatic nitrogens is 1. The standard InChI is InChI=1S/C24H18N2O3/c1-15-6-8-17(9-7-15)21-20-22(27)18-4-2-3-5-19(18)29-23(20)24(28)26(21)14-16-10-12-25-13-11-16/h2-13,21H,14H2,1H3/t21-/m0/s1. The van der Waals surface area contributed by atoms with Gasteiger partial charge in [0.05, 0.1) is 17.0 Å². The summed E-state index contributed by atoms with van der Waals surface area (Å²) in [4.78, 5) is 32.4. The fourth-order valence-corrected chi connectivity index (χ4v) is 3.91. The zero-order valence-electron chi connectivity index (χ0n) is 15.8. The van der Waals surface area contributed by atoms with Crippen molar-refractivity contribution in [3.8, 4) is 0 Å². The molecule has 142 valence electrons. The van der Waals surface area contributed by atoms with Gasteiger partial charge in [-0.3, -0.25) is 14.6 Å². The molecule has 1 aliphatic heterocycles. The summed E-state index contributed by atoms with van der Waals surface area (Å²) in [5.74, 6) is -0.140. The van der Waals surface area contributed by atoms with Crippen LogP contribution in [-0.2, 0) is 6.54 Å². The van der Waals surface area contributed by atoms with Crippen molar-refractivity contribution in [3.05, 3.63) is 111 Å². The lowest BCUT2D eigenvalue weighted by Crippen LogP contribution is -2.29. The third-order valence-electron chi connectivity index (χ3n) is 5.37. The molecule has 2 aromatic heterocycles. The molecule has 0 radical (unpaired) electrons. The Morgan fingerprint density at radius 1 is 0.966 bits per heavy atom. The highest BCUT2D eigenvalue weighted by atomic mass is 16.3. The number of carbonyl (C=O) groups excluding carboxylic acids is 1. The molecule has 0 saturated carbocycles. The first kappa shape index (κ1) is 17.4. The van der Waals surface area contributed by atoms with E-state index in [0.29, 0.717) is 23.1 Å². The number of amides is 1. The number of rotatable bonds is 3. The zero-order valence-corrected chi connectivity index (χ0v) is 15.8. The van der Waals surface area contributed by atoms with Crippen LogP contribution in [0.5, 0.6) is 0 Å². The highest BCUT2D eigenvalue weighted by Gasteiger charge is 2.42. The summed E-state index contributed by atoms with van der Waals surface area (Å²) in [6.45, 7) is 2.37. The van der Waals surface area contributed by atoms with Gasteiger partial charge in [-0.1, -0.05) is 42.0 Å². The molecular formula is C24H18N2O3. The molecule has 5 heteroatoms. The summed E-state index contributed by atoms with van der Waals surface area (Å²) in [6.07, 6.45) is 3.39. The second-order valence-electron chi connectivity index (χ2n) is 7.27. The SMILES string of the molecule is Cc1ccc([C@H]2c3c(oc4ccccc4c3=O)C(=O)N2Cc2ccncc2)cc1. The smallest absolute Gasteiger partial charge is 0.291 e. The van der Waals surface area contributed by atoms with E-state index >= 15 is 0 Å². The number of fused-ring (bicyclic) bond motifs is 2. The maximum Gasteiger partial charge on any atom is 0.291 e. The van der Waals surface area contributed by atoms with Crippen molar-refractivity contribution in [1.29, 1.82) is 0 Å². The number of pyridine rings is 1. The summed E-state index contributed by atoms with van der Waals surface area (Å²) in [7, 11) is 0. The Labute approximate surface area is 167 Å². The van der Waals surface area contributed by atoms with Crippen LogP contribution >= 0.6 is 0 Å². The van der Waals surface area contributed by atoms with Crippen LogP contribution < -0.4 is 5.43 Å². The van der Waals surface area contributed by atoms with E-state index in [-0.39, 0.29) is 17.1 Å². The molecule has 2 aromatic carbocycles. The van der Waals surface area contributed by atoms with Crippen molar-refractivity contribution in [2.75, 3.05) is 0 Å². The molecule has 1 amide bonds. The van der Waals surface area contributed by atoms with E-state index in [1.165, 1.54) is 0 Å². The Hall–Kier alpha value is -3.73. The number of hydrogen-bond donors (Lipinski definition) is 0. The van der Waals surface area contributed by atoms with Gasteiger partial charge < -0.3 is 9.32 Å². The molecule has 0 N–H and O–H groups in total. The van der Waals surface area contributed by atoms with Gasteiger partial charge in [-0.25, -0.2) is 0 Å². The molecule has 0 bridgehead atoms. The maximum absolute atomic E-state index is 13.4. The molecule has 5 nitrogen and oxygen atoms in total. The van der Waals surface area contributed by atoms with Gasteiger partial charge in [-0.2, -0.15) is 0 Å². The number of nitrogens with zero attached hydrogens (tertiary/aromatic N) is 2. The molecule has 0 saturated heterocycles. The predicted octanol–water partition coefficient (Wildman–Crippen LogP) is 4.24. The van der Waals surface area contributed by atoms with E-state index in [1.54, 1.807) is 41.6 Å². The Balaban J connectivity index is 1.73. The molecule has 1 atom stereocenters. The monoisotopic (exact) mass is 382 g/mol. The van der Waals surface area contributed by atoms with Gasteiger partial charge in [0, 0.05) is 18.9 Å². The fraction of sp³-hybridized carbons (Fsp3) is 0.125. The van der Waals surface area contributed by atoms with E-state index in [4.69, 9.17) is 4.42 Å². The summed E-state index contributed by atoms with van der Waals surface area (Å²) >= 11 is 0. The Morgan fingerprint density at radius 2 is 1.69 bits per heavy atom. The highest BCUT2D eigenvalue weighted by molar-refractivity contribution is 5.99. The highest BCUT2D eigenvalue weighted by Crippen LogP contribution is 2.39. The van der Waals surface area contributed by atoms with Crippen molar-refractivity contribution >= 4 is 16.9 Å². The first-order valence-corrected chi connectivity index (χ1v) is 9.45. The Kier molecular flexibility index (Phi) is 4.02. The van der Waals surface area contributed by atoms with Crippen LogP contribution in [0.1, 0.15) is 38.9 Å². The molecule has 3 heterocycles. The molecule has 0 spiro atoms. The van der Waals surface area contributed by atoms with E-state index < -0.39 is 6.04 Å². The van der Waals surface area contributed by atoms with Crippen LogP contribution in [0.3, 0.4) is 0 Å². The van der Waals surface area contributed by atoms with Crippen LogP contribution in [0.15, 0.2) is 82.3 Å². The van der Waals surface area contributed by atoms with Crippen LogP contribution in [0.25, 0.3) is 11.0 Å². The molecule has 0 fully saturated rings. The number of hydrogen-bond acceptors (Lipinski definition) is 4. The second kappa shape index (κ2) is 6.71. The quantitative estimate of drug-likeness (QED) is 0.532. The second-order valence-corrected chi connectivity index (χ2v) is 7.27. The minimum Gasteiger partial charge on any atom is -0.450 e. The summed E-state index contributed by atoms with van der Waals surface area (Å²) in [6, 6.07) is 18.2. The van der Waals surface area contributed by atoms with Crippen molar-refractivity contribution in [3.63, 3.8) is 0 Å². The fourth-order valence-electron chi connectivity index (χ4n) is 3.91. The van der Waals surface area contributed by atoms with Crippen molar-refractivity contribution < 1.29 is 9.21 Å². The van der Waals surface area contributed by atoms with E-state index in [0.717, 1.165) is 16.7 Å². The number of carbonyl (C=O) groups is 1. The maximum atomic E-state index is 13.4. The van der Waals surface area contributed by atoms with Gasteiger partial charge in [0.1, 0.15) is 5.58 Å². The van der Waals surface area contributed by atoms with Gasteiger partial charge in [-0.05, 0) is 42.3 Å². The summed E-state index contributed by atoms with van der Waals surface area (Å²) in [5, 5.41) is 0.488. The molecule has 0 unspecified atom stereocenters. The Morgan fingerprint density at radius 3 is 2.45 bits per heavy atom. The molecule has 0 aliphatic carbocycles. The minimum absolute atomic E-state index is 0.133.